The van der Waals surface area contributed by atoms with E-state index in [1.807, 2.05) is 0 Å². The van der Waals surface area contributed by atoms with Crippen molar-refractivity contribution in [2.45, 2.75) is 70.1 Å². The van der Waals surface area contributed by atoms with Crippen LogP contribution in [0.4, 0.5) is 0 Å². The first kappa shape index (κ1) is 14.4. The van der Waals surface area contributed by atoms with E-state index >= 15 is 0 Å². The van der Waals surface area contributed by atoms with Crippen LogP contribution in [-0.4, -0.2) is 51.4 Å². The normalized spacial score (nSPS) is 30.6. The van der Waals surface area contributed by atoms with Gasteiger partial charge >= 0.3 is 0 Å². The lowest BCUT2D eigenvalue weighted by Crippen LogP contribution is -2.48. The molecule has 2 fully saturated rings. The monoisotopic (exact) mass is 294 g/mol. The van der Waals surface area contributed by atoms with Crippen LogP contribution in [0.3, 0.4) is 0 Å². The molecular formula is C15H26N4S. The van der Waals surface area contributed by atoms with Gasteiger partial charge in [0.2, 0.25) is 0 Å². The Morgan fingerprint density at radius 3 is 2.40 bits per heavy atom. The van der Waals surface area contributed by atoms with Crippen LogP contribution in [-0.2, 0) is 6.54 Å². The van der Waals surface area contributed by atoms with Crippen LogP contribution in [0, 0.1) is 0 Å². The third-order valence-electron chi connectivity index (χ3n) is 4.91. The minimum absolute atomic E-state index is 0.441. The van der Waals surface area contributed by atoms with Crippen molar-refractivity contribution in [1.29, 1.82) is 0 Å². The topological polar surface area (TPSA) is 32.3 Å². The molecule has 3 rings (SSSR count). The second-order valence-electron chi connectivity index (χ2n) is 6.85. The average molecular weight is 294 g/mol. The molecular weight excluding hydrogens is 268 g/mol. The summed E-state index contributed by atoms with van der Waals surface area (Å²) in [5.41, 5.74) is 0. The molecule has 1 unspecified atom stereocenters. The van der Waals surface area contributed by atoms with E-state index in [1.54, 1.807) is 11.5 Å². The number of fused-ring (bicyclic) bond motifs is 2. The summed E-state index contributed by atoms with van der Waals surface area (Å²) in [5, 5.41) is 1.20. The van der Waals surface area contributed by atoms with Crippen LogP contribution in [0.5, 0.6) is 0 Å². The average Bonchev–Trinajstić information content (AvgIpc) is 2.93. The molecule has 5 heteroatoms. The molecule has 2 aliphatic heterocycles. The molecule has 3 heterocycles. The molecule has 0 aliphatic carbocycles. The molecule has 0 N–H and O–H groups in total. The largest absolute Gasteiger partial charge is 0.306 e. The van der Waals surface area contributed by atoms with E-state index in [1.165, 1.54) is 30.7 Å². The summed E-state index contributed by atoms with van der Waals surface area (Å²) in [6.45, 7) is 5.34. The molecule has 2 bridgehead atoms. The highest BCUT2D eigenvalue weighted by Gasteiger charge is 2.41. The second kappa shape index (κ2) is 5.70. The number of piperidine rings is 1. The van der Waals surface area contributed by atoms with Crippen molar-refractivity contribution in [2.75, 3.05) is 14.1 Å². The number of aromatic nitrogens is 2. The van der Waals surface area contributed by atoms with Crippen molar-refractivity contribution in [1.82, 2.24) is 19.2 Å². The lowest BCUT2D eigenvalue weighted by atomic mass is 9.96. The highest BCUT2D eigenvalue weighted by molar-refractivity contribution is 7.05. The Morgan fingerprint density at radius 2 is 1.90 bits per heavy atom. The maximum atomic E-state index is 4.71. The standard InChI is InChI=1S/C15H26N4S/c1-10(2)15-16-14(20-17-15)9-19-11-5-6-12(19)8-13(7-11)18(3)4/h10-13H,5-9H2,1-4H3/t11-,12+,13?. The number of hydrogen-bond acceptors (Lipinski definition) is 5. The van der Waals surface area contributed by atoms with E-state index in [2.05, 4.69) is 42.1 Å². The first-order valence-electron chi connectivity index (χ1n) is 7.79. The van der Waals surface area contributed by atoms with E-state index in [9.17, 15) is 0 Å². The Kier molecular flexibility index (Phi) is 4.11. The summed E-state index contributed by atoms with van der Waals surface area (Å²) in [6, 6.07) is 2.28. The number of rotatable bonds is 4. The predicted molar refractivity (Wildman–Crippen MR) is 83.1 cm³/mol. The summed E-state index contributed by atoms with van der Waals surface area (Å²) in [4.78, 5) is 9.82. The van der Waals surface area contributed by atoms with E-state index in [-0.39, 0.29) is 0 Å². The number of hydrogen-bond donors (Lipinski definition) is 0. The summed E-state index contributed by atoms with van der Waals surface area (Å²) >= 11 is 1.60. The van der Waals surface area contributed by atoms with Gasteiger partial charge in [-0.25, -0.2) is 4.98 Å². The molecule has 3 atom stereocenters. The molecule has 20 heavy (non-hydrogen) atoms. The van der Waals surface area contributed by atoms with Crippen molar-refractivity contribution in [3.63, 3.8) is 0 Å². The first-order valence-corrected chi connectivity index (χ1v) is 8.56. The van der Waals surface area contributed by atoms with Gasteiger partial charge in [0.1, 0.15) is 10.8 Å². The quantitative estimate of drug-likeness (QED) is 0.855. The van der Waals surface area contributed by atoms with Gasteiger partial charge in [0, 0.05) is 24.0 Å². The van der Waals surface area contributed by atoms with Crippen LogP contribution >= 0.6 is 11.5 Å². The molecule has 0 spiro atoms. The van der Waals surface area contributed by atoms with Crippen LogP contribution in [0.2, 0.25) is 0 Å². The van der Waals surface area contributed by atoms with E-state index < -0.39 is 0 Å². The van der Waals surface area contributed by atoms with Gasteiger partial charge in [-0.05, 0) is 51.3 Å². The molecule has 0 aromatic carbocycles. The zero-order valence-corrected chi connectivity index (χ0v) is 13.9. The van der Waals surface area contributed by atoms with E-state index in [0.717, 1.165) is 30.5 Å². The van der Waals surface area contributed by atoms with Crippen LogP contribution in [0.1, 0.15) is 56.3 Å². The molecule has 1 aromatic rings. The molecule has 2 aliphatic rings. The summed E-state index contributed by atoms with van der Waals surface area (Å²) in [5.74, 6) is 1.46. The fourth-order valence-corrected chi connectivity index (χ4v) is 4.44. The zero-order valence-electron chi connectivity index (χ0n) is 13.0. The summed E-state index contributed by atoms with van der Waals surface area (Å²) in [6.07, 6.45) is 5.37. The second-order valence-corrected chi connectivity index (χ2v) is 7.68. The number of nitrogens with zero attached hydrogens (tertiary/aromatic N) is 4. The predicted octanol–water partition coefficient (Wildman–Crippen LogP) is 2.72. The van der Waals surface area contributed by atoms with Crippen molar-refractivity contribution < 1.29 is 0 Å². The Bertz CT molecular complexity index is 442. The minimum atomic E-state index is 0.441. The summed E-state index contributed by atoms with van der Waals surface area (Å²) in [7, 11) is 4.44. The van der Waals surface area contributed by atoms with Gasteiger partial charge in [-0.3, -0.25) is 4.90 Å². The fourth-order valence-electron chi connectivity index (χ4n) is 3.65. The third-order valence-corrected chi connectivity index (χ3v) is 5.62. The van der Waals surface area contributed by atoms with E-state index in [4.69, 9.17) is 4.98 Å². The van der Waals surface area contributed by atoms with Gasteiger partial charge in [0.15, 0.2) is 0 Å². The Morgan fingerprint density at radius 1 is 1.25 bits per heavy atom. The molecule has 4 nitrogen and oxygen atoms in total. The van der Waals surface area contributed by atoms with Crippen molar-refractivity contribution in [3.8, 4) is 0 Å². The smallest absolute Gasteiger partial charge is 0.145 e. The maximum Gasteiger partial charge on any atom is 0.145 e. The Balaban J connectivity index is 1.66. The van der Waals surface area contributed by atoms with Crippen molar-refractivity contribution in [3.05, 3.63) is 10.8 Å². The van der Waals surface area contributed by atoms with Crippen molar-refractivity contribution >= 4 is 11.5 Å². The molecule has 2 saturated heterocycles. The maximum absolute atomic E-state index is 4.71. The molecule has 0 radical (unpaired) electrons. The minimum Gasteiger partial charge on any atom is -0.306 e. The SMILES string of the molecule is CC(C)c1nsc(CN2[C@@H]3CC[C@H]2CC(N(C)C)C3)n1. The van der Waals surface area contributed by atoms with E-state index in [0.29, 0.717) is 5.92 Å². The Hall–Kier alpha value is -0.520. The third kappa shape index (κ3) is 2.76. The highest BCUT2D eigenvalue weighted by Crippen LogP contribution is 2.38. The van der Waals surface area contributed by atoms with Crippen LogP contribution < -0.4 is 0 Å². The van der Waals surface area contributed by atoms with Crippen LogP contribution in [0.15, 0.2) is 0 Å². The Labute approximate surface area is 126 Å². The van der Waals surface area contributed by atoms with Crippen LogP contribution in [0.25, 0.3) is 0 Å². The lowest BCUT2D eigenvalue weighted by molar-refractivity contribution is 0.0748. The zero-order chi connectivity index (χ0) is 14.3. The fraction of sp³-hybridized carbons (Fsp3) is 0.867. The molecule has 0 saturated carbocycles. The van der Waals surface area contributed by atoms with Gasteiger partial charge in [-0.2, -0.15) is 4.37 Å². The van der Waals surface area contributed by atoms with Gasteiger partial charge < -0.3 is 4.90 Å². The van der Waals surface area contributed by atoms with Crippen molar-refractivity contribution in [2.24, 2.45) is 0 Å². The highest BCUT2D eigenvalue weighted by atomic mass is 32.1. The molecule has 112 valence electrons. The lowest BCUT2D eigenvalue weighted by Gasteiger charge is -2.40. The summed E-state index contributed by atoms with van der Waals surface area (Å²) < 4.78 is 4.49. The van der Waals surface area contributed by atoms with Gasteiger partial charge in [0.05, 0.1) is 6.54 Å². The first-order chi connectivity index (χ1) is 9.54. The van der Waals surface area contributed by atoms with Gasteiger partial charge in [0.25, 0.3) is 0 Å². The van der Waals surface area contributed by atoms with Gasteiger partial charge in [-0.15, -0.1) is 0 Å². The molecule has 1 aromatic heterocycles. The molecule has 0 amide bonds. The van der Waals surface area contributed by atoms with Gasteiger partial charge in [-0.1, -0.05) is 13.8 Å².